The van der Waals surface area contributed by atoms with Gasteiger partial charge in [0, 0.05) is 6.54 Å². The highest BCUT2D eigenvalue weighted by molar-refractivity contribution is 7.91. The van der Waals surface area contributed by atoms with Crippen LogP contribution >= 0.6 is 0 Å². The second-order valence-electron chi connectivity index (χ2n) is 5.66. The lowest BCUT2D eigenvalue weighted by Crippen LogP contribution is -2.33. The molecule has 0 saturated carbocycles. The topological polar surface area (TPSA) is 66.4 Å². The molecule has 1 rings (SSSR count). The van der Waals surface area contributed by atoms with Crippen LogP contribution in [0.1, 0.15) is 27.7 Å². The van der Waals surface area contributed by atoms with Crippen molar-refractivity contribution < 1.29 is 13.5 Å². The molecule has 19 heavy (non-hydrogen) atoms. The average molecular weight is 285 g/mol. The normalized spacial score (nSPS) is 14.2. The number of rotatable bonds is 5. The molecular formula is C14H23NO3S. The van der Waals surface area contributed by atoms with Gasteiger partial charge in [-0.2, -0.15) is 0 Å². The Balaban J connectivity index is 2.92. The van der Waals surface area contributed by atoms with E-state index in [0.29, 0.717) is 17.1 Å². The van der Waals surface area contributed by atoms with Crippen molar-refractivity contribution in [2.45, 2.75) is 38.7 Å². The van der Waals surface area contributed by atoms with E-state index in [4.69, 9.17) is 0 Å². The summed E-state index contributed by atoms with van der Waals surface area (Å²) in [6.45, 7) is 7.76. The second-order valence-corrected chi connectivity index (χ2v) is 7.91. The monoisotopic (exact) mass is 285 g/mol. The number of hydrogen-bond acceptors (Lipinski definition) is 4. The van der Waals surface area contributed by atoms with Gasteiger partial charge in [0.05, 0.1) is 22.4 Å². The fourth-order valence-electron chi connectivity index (χ4n) is 1.55. The van der Waals surface area contributed by atoms with Gasteiger partial charge < -0.3 is 10.4 Å². The third-order valence-electron chi connectivity index (χ3n) is 3.09. The van der Waals surface area contributed by atoms with Crippen molar-refractivity contribution in [1.29, 1.82) is 0 Å². The molecule has 1 atom stereocenters. The first-order chi connectivity index (χ1) is 8.68. The minimum atomic E-state index is -3.26. The van der Waals surface area contributed by atoms with Crippen LogP contribution in [0, 0.1) is 5.41 Å². The maximum Gasteiger partial charge on any atom is 0.180 e. The van der Waals surface area contributed by atoms with Crippen LogP contribution in [0.5, 0.6) is 0 Å². The molecule has 0 fully saturated rings. The molecule has 0 aliphatic rings. The first kappa shape index (κ1) is 16.0. The van der Waals surface area contributed by atoms with E-state index in [-0.39, 0.29) is 11.2 Å². The number of anilines is 1. The summed E-state index contributed by atoms with van der Waals surface area (Å²) in [4.78, 5) is 0.290. The van der Waals surface area contributed by atoms with Gasteiger partial charge in [-0.05, 0) is 17.5 Å². The molecule has 5 heteroatoms. The van der Waals surface area contributed by atoms with Crippen LogP contribution in [0.15, 0.2) is 29.2 Å². The van der Waals surface area contributed by atoms with Crippen LogP contribution < -0.4 is 5.32 Å². The van der Waals surface area contributed by atoms with Crippen molar-refractivity contribution in [3.8, 4) is 0 Å². The zero-order chi connectivity index (χ0) is 14.7. The molecule has 0 amide bonds. The average Bonchev–Trinajstić information content (AvgIpc) is 2.35. The number of hydrogen-bond donors (Lipinski definition) is 2. The Hall–Kier alpha value is -1.07. The number of aliphatic hydroxyl groups is 1. The molecule has 4 nitrogen and oxygen atoms in total. The van der Waals surface area contributed by atoms with Gasteiger partial charge in [0.25, 0.3) is 0 Å². The summed E-state index contributed by atoms with van der Waals surface area (Å²) in [6, 6.07) is 6.79. The molecule has 1 aromatic carbocycles. The number of sulfone groups is 1. The number of nitrogens with one attached hydrogen (secondary N) is 1. The van der Waals surface area contributed by atoms with Gasteiger partial charge in [-0.25, -0.2) is 8.42 Å². The molecule has 0 heterocycles. The van der Waals surface area contributed by atoms with E-state index in [1.807, 2.05) is 20.8 Å². The molecule has 108 valence electrons. The molecule has 0 unspecified atom stereocenters. The number of aliphatic hydroxyl groups excluding tert-OH is 1. The summed E-state index contributed by atoms with van der Waals surface area (Å²) in [6.07, 6.45) is -0.551. The van der Waals surface area contributed by atoms with Crippen molar-refractivity contribution in [1.82, 2.24) is 0 Å². The zero-order valence-electron chi connectivity index (χ0n) is 12.0. The van der Waals surface area contributed by atoms with Crippen molar-refractivity contribution in [3.63, 3.8) is 0 Å². The lowest BCUT2D eigenvalue weighted by atomic mass is 9.89. The third kappa shape index (κ3) is 4.21. The van der Waals surface area contributed by atoms with Crippen LogP contribution in [-0.2, 0) is 9.84 Å². The minimum Gasteiger partial charge on any atom is -0.391 e. The van der Waals surface area contributed by atoms with E-state index in [9.17, 15) is 13.5 Å². The van der Waals surface area contributed by atoms with Crippen LogP contribution in [0.4, 0.5) is 5.69 Å². The molecule has 0 spiro atoms. The molecular weight excluding hydrogens is 262 g/mol. The number of para-hydroxylation sites is 1. The van der Waals surface area contributed by atoms with E-state index in [1.165, 1.54) is 0 Å². The molecule has 0 aliphatic carbocycles. The van der Waals surface area contributed by atoms with Crippen LogP contribution in [0.3, 0.4) is 0 Å². The molecule has 0 bridgehead atoms. The molecule has 0 radical (unpaired) electrons. The maximum atomic E-state index is 12.0. The number of benzene rings is 1. The van der Waals surface area contributed by atoms with Gasteiger partial charge in [-0.3, -0.25) is 0 Å². The predicted molar refractivity (Wildman–Crippen MR) is 78.1 cm³/mol. The standard InChI is InChI=1S/C14H23NO3S/c1-5-19(17,18)12-9-7-6-8-11(12)15-10-13(16)14(2,3)4/h6-9,13,15-16H,5,10H2,1-4H3/t13-/m0/s1. The van der Waals surface area contributed by atoms with E-state index in [1.54, 1.807) is 31.2 Å². The van der Waals surface area contributed by atoms with Gasteiger partial charge >= 0.3 is 0 Å². The molecule has 1 aromatic rings. The molecule has 0 aliphatic heterocycles. The highest BCUT2D eigenvalue weighted by atomic mass is 32.2. The van der Waals surface area contributed by atoms with Gasteiger partial charge in [0.2, 0.25) is 0 Å². The third-order valence-corrected chi connectivity index (χ3v) is 4.87. The van der Waals surface area contributed by atoms with Gasteiger partial charge in [-0.15, -0.1) is 0 Å². The summed E-state index contributed by atoms with van der Waals surface area (Å²) >= 11 is 0. The summed E-state index contributed by atoms with van der Waals surface area (Å²) in [5, 5.41) is 13.0. The first-order valence-corrected chi connectivity index (χ1v) is 8.07. The fourth-order valence-corrected chi connectivity index (χ4v) is 2.62. The molecule has 2 N–H and O–H groups in total. The Kier molecular flexibility index (Phi) is 4.98. The van der Waals surface area contributed by atoms with Gasteiger partial charge in [0.1, 0.15) is 0 Å². The minimum absolute atomic E-state index is 0.0630. The van der Waals surface area contributed by atoms with E-state index < -0.39 is 15.9 Å². The van der Waals surface area contributed by atoms with Crippen molar-refractivity contribution in [3.05, 3.63) is 24.3 Å². The van der Waals surface area contributed by atoms with E-state index >= 15 is 0 Å². The summed E-state index contributed by atoms with van der Waals surface area (Å²) in [5.41, 5.74) is 0.304. The van der Waals surface area contributed by atoms with Crippen LogP contribution in [-0.4, -0.2) is 31.9 Å². The lowest BCUT2D eigenvalue weighted by Gasteiger charge is -2.26. The second kappa shape index (κ2) is 5.92. The Morgan fingerprint density at radius 3 is 2.37 bits per heavy atom. The smallest absolute Gasteiger partial charge is 0.180 e. The fraction of sp³-hybridized carbons (Fsp3) is 0.571. The Morgan fingerprint density at radius 2 is 1.84 bits per heavy atom. The summed E-state index contributed by atoms with van der Waals surface area (Å²) in [5.74, 6) is 0.0630. The van der Waals surface area contributed by atoms with Gasteiger partial charge in [0.15, 0.2) is 9.84 Å². The Labute approximate surface area is 115 Å². The highest BCUT2D eigenvalue weighted by Crippen LogP contribution is 2.24. The van der Waals surface area contributed by atoms with E-state index in [2.05, 4.69) is 5.32 Å². The first-order valence-electron chi connectivity index (χ1n) is 6.42. The highest BCUT2D eigenvalue weighted by Gasteiger charge is 2.23. The molecule has 0 aromatic heterocycles. The van der Waals surface area contributed by atoms with Crippen molar-refractivity contribution >= 4 is 15.5 Å². The lowest BCUT2D eigenvalue weighted by molar-refractivity contribution is 0.0745. The molecule has 0 saturated heterocycles. The van der Waals surface area contributed by atoms with Crippen LogP contribution in [0.25, 0.3) is 0 Å². The summed E-state index contributed by atoms with van der Waals surface area (Å²) < 4.78 is 23.9. The largest absolute Gasteiger partial charge is 0.391 e. The van der Waals surface area contributed by atoms with Crippen molar-refractivity contribution in [2.24, 2.45) is 5.41 Å². The quantitative estimate of drug-likeness (QED) is 0.871. The Morgan fingerprint density at radius 1 is 1.26 bits per heavy atom. The zero-order valence-corrected chi connectivity index (χ0v) is 12.8. The van der Waals surface area contributed by atoms with E-state index in [0.717, 1.165) is 0 Å². The van der Waals surface area contributed by atoms with Gasteiger partial charge in [-0.1, -0.05) is 39.8 Å². The maximum absolute atomic E-state index is 12.0. The van der Waals surface area contributed by atoms with Crippen LogP contribution in [0.2, 0.25) is 0 Å². The predicted octanol–water partition coefficient (Wildman–Crippen LogP) is 2.30. The summed E-state index contributed by atoms with van der Waals surface area (Å²) in [7, 11) is -3.26. The Bertz CT molecular complexity index is 518. The SMILES string of the molecule is CCS(=O)(=O)c1ccccc1NC[C@H](O)C(C)(C)C. The van der Waals surface area contributed by atoms with Crippen molar-refractivity contribution in [2.75, 3.05) is 17.6 Å².